The van der Waals surface area contributed by atoms with E-state index in [0.29, 0.717) is 5.92 Å². The highest BCUT2D eigenvalue weighted by molar-refractivity contribution is 5.60. The van der Waals surface area contributed by atoms with Gasteiger partial charge >= 0.3 is 0 Å². The van der Waals surface area contributed by atoms with Crippen LogP contribution in [-0.2, 0) is 5.41 Å². The Kier molecular flexibility index (Phi) is 5.19. The second-order valence-corrected chi connectivity index (χ2v) is 8.14. The molecule has 2 N–H and O–H groups in total. The number of nitriles is 1. The largest absolute Gasteiger partial charge is 0.356 e. The molecule has 0 atom stereocenters. The molecule has 0 bridgehead atoms. The van der Waals surface area contributed by atoms with E-state index in [-0.39, 0.29) is 0 Å². The third kappa shape index (κ3) is 3.67. The monoisotopic (exact) mass is 376 g/mol. The van der Waals surface area contributed by atoms with Gasteiger partial charge in [-0.25, -0.2) is 9.97 Å². The molecule has 28 heavy (non-hydrogen) atoms. The molecule has 0 aromatic carbocycles. The van der Waals surface area contributed by atoms with Crippen LogP contribution in [0.25, 0.3) is 0 Å². The van der Waals surface area contributed by atoms with Crippen LogP contribution in [0, 0.1) is 11.3 Å². The minimum Gasteiger partial charge on any atom is -0.356 e. The van der Waals surface area contributed by atoms with Crippen molar-refractivity contribution in [1.82, 2.24) is 15.3 Å². The summed E-state index contributed by atoms with van der Waals surface area (Å²) in [6, 6.07) is 10.9. The fourth-order valence-corrected chi connectivity index (χ4v) is 3.89. The molecule has 4 rings (SSSR count). The second kappa shape index (κ2) is 7.76. The van der Waals surface area contributed by atoms with E-state index in [9.17, 15) is 5.26 Å². The van der Waals surface area contributed by atoms with Crippen LogP contribution < -0.4 is 15.5 Å². The van der Waals surface area contributed by atoms with Gasteiger partial charge in [-0.1, -0.05) is 13.8 Å². The molecule has 0 unspecified atom stereocenters. The van der Waals surface area contributed by atoms with Crippen LogP contribution >= 0.6 is 0 Å². The number of nitrogens with one attached hydrogen (secondary N) is 2. The molecule has 146 valence electrons. The highest BCUT2D eigenvalue weighted by atomic mass is 15.2. The van der Waals surface area contributed by atoms with E-state index in [4.69, 9.17) is 4.98 Å². The number of hydrogen-bond donors (Lipinski definition) is 2. The minimum absolute atomic E-state index is 0.441. The molecular formula is C22H28N6. The molecule has 0 saturated carbocycles. The van der Waals surface area contributed by atoms with Crippen molar-refractivity contribution in [2.45, 2.75) is 44.4 Å². The van der Waals surface area contributed by atoms with Gasteiger partial charge in [-0.15, -0.1) is 0 Å². The first kappa shape index (κ1) is 18.7. The van der Waals surface area contributed by atoms with Gasteiger partial charge in [-0.05, 0) is 73.7 Å². The van der Waals surface area contributed by atoms with E-state index in [2.05, 4.69) is 52.6 Å². The molecule has 2 saturated heterocycles. The standard InChI is InChI=1S/C22H28N6/c1-16(2)17-4-7-25-19(12-17)26-20-13-18(14-21(27-20)28-10-3-11-28)22(15-23)5-8-24-9-6-22/h4,7,12-14,16,24H,3,5-6,8-11H2,1-2H3,(H,25,26,27). The lowest BCUT2D eigenvalue weighted by Crippen LogP contribution is -2.40. The Morgan fingerprint density at radius 1 is 1.18 bits per heavy atom. The van der Waals surface area contributed by atoms with Gasteiger partial charge in [0.05, 0.1) is 11.5 Å². The summed E-state index contributed by atoms with van der Waals surface area (Å²) < 4.78 is 0. The lowest BCUT2D eigenvalue weighted by atomic mass is 9.74. The molecule has 2 fully saturated rings. The number of hydrogen-bond acceptors (Lipinski definition) is 6. The zero-order valence-corrected chi connectivity index (χ0v) is 16.7. The molecule has 4 heterocycles. The van der Waals surface area contributed by atoms with E-state index in [0.717, 1.165) is 62.0 Å². The van der Waals surface area contributed by atoms with Gasteiger partial charge < -0.3 is 15.5 Å². The van der Waals surface area contributed by atoms with Crippen molar-refractivity contribution in [2.24, 2.45) is 0 Å². The van der Waals surface area contributed by atoms with Crippen LogP contribution in [0.5, 0.6) is 0 Å². The fraction of sp³-hybridized carbons (Fsp3) is 0.500. The van der Waals surface area contributed by atoms with Crippen LogP contribution in [0.2, 0.25) is 0 Å². The summed E-state index contributed by atoms with van der Waals surface area (Å²) >= 11 is 0. The number of pyridine rings is 2. The smallest absolute Gasteiger partial charge is 0.134 e. The third-order valence-electron chi connectivity index (χ3n) is 5.92. The summed E-state index contributed by atoms with van der Waals surface area (Å²) in [5.74, 6) is 2.96. The first-order chi connectivity index (χ1) is 13.6. The number of nitrogens with zero attached hydrogens (tertiary/aromatic N) is 4. The maximum absolute atomic E-state index is 10.0. The number of anilines is 3. The van der Waals surface area contributed by atoms with Gasteiger partial charge in [0.25, 0.3) is 0 Å². The van der Waals surface area contributed by atoms with E-state index < -0.39 is 5.41 Å². The molecule has 6 heteroatoms. The highest BCUT2D eigenvalue weighted by Crippen LogP contribution is 2.36. The zero-order valence-electron chi connectivity index (χ0n) is 16.7. The Balaban J connectivity index is 1.70. The Hall–Kier alpha value is -2.65. The highest BCUT2D eigenvalue weighted by Gasteiger charge is 2.35. The molecule has 2 aromatic rings. The van der Waals surface area contributed by atoms with Crippen LogP contribution in [0.1, 0.15) is 50.2 Å². The van der Waals surface area contributed by atoms with Crippen molar-refractivity contribution < 1.29 is 0 Å². The van der Waals surface area contributed by atoms with Gasteiger partial charge in [0, 0.05) is 19.3 Å². The lowest BCUT2D eigenvalue weighted by Gasteiger charge is -2.35. The lowest BCUT2D eigenvalue weighted by molar-refractivity contribution is 0.382. The van der Waals surface area contributed by atoms with Gasteiger partial charge in [0.2, 0.25) is 0 Å². The van der Waals surface area contributed by atoms with Crippen molar-refractivity contribution in [3.8, 4) is 6.07 Å². The van der Waals surface area contributed by atoms with Crippen LogP contribution in [0.3, 0.4) is 0 Å². The predicted octanol–water partition coefficient (Wildman–Crippen LogP) is 3.70. The quantitative estimate of drug-likeness (QED) is 0.829. The average Bonchev–Trinajstić information content (AvgIpc) is 2.67. The first-order valence-corrected chi connectivity index (χ1v) is 10.2. The summed E-state index contributed by atoms with van der Waals surface area (Å²) in [6.07, 6.45) is 4.68. The summed E-state index contributed by atoms with van der Waals surface area (Å²) in [5.41, 5.74) is 1.86. The Morgan fingerprint density at radius 2 is 1.96 bits per heavy atom. The predicted molar refractivity (Wildman–Crippen MR) is 112 cm³/mol. The molecule has 2 aliphatic heterocycles. The number of aromatic nitrogens is 2. The topological polar surface area (TPSA) is 76.9 Å². The van der Waals surface area contributed by atoms with Crippen molar-refractivity contribution >= 4 is 17.5 Å². The fourth-order valence-electron chi connectivity index (χ4n) is 3.89. The van der Waals surface area contributed by atoms with Crippen molar-refractivity contribution in [3.05, 3.63) is 41.6 Å². The van der Waals surface area contributed by atoms with Crippen LogP contribution in [0.15, 0.2) is 30.5 Å². The zero-order chi connectivity index (χ0) is 19.6. The normalized spacial score (nSPS) is 18.4. The molecule has 0 amide bonds. The maximum Gasteiger partial charge on any atom is 0.134 e. The Labute approximate surface area is 167 Å². The number of rotatable bonds is 5. The van der Waals surface area contributed by atoms with Gasteiger partial charge in [0.15, 0.2) is 0 Å². The van der Waals surface area contributed by atoms with Gasteiger partial charge in [-0.2, -0.15) is 5.26 Å². The second-order valence-electron chi connectivity index (χ2n) is 8.14. The minimum atomic E-state index is -0.447. The van der Waals surface area contributed by atoms with Gasteiger partial charge in [0.1, 0.15) is 17.5 Å². The Morgan fingerprint density at radius 3 is 2.61 bits per heavy atom. The van der Waals surface area contributed by atoms with E-state index in [1.54, 1.807) is 0 Å². The molecule has 0 radical (unpaired) electrons. The first-order valence-electron chi connectivity index (χ1n) is 10.2. The van der Waals surface area contributed by atoms with E-state index in [1.807, 2.05) is 18.3 Å². The molecule has 2 aliphatic rings. The van der Waals surface area contributed by atoms with Gasteiger partial charge in [-0.3, -0.25) is 0 Å². The molecule has 0 spiro atoms. The van der Waals surface area contributed by atoms with E-state index in [1.165, 1.54) is 12.0 Å². The maximum atomic E-state index is 10.0. The molecular weight excluding hydrogens is 348 g/mol. The summed E-state index contributed by atoms with van der Waals surface area (Å²) in [7, 11) is 0. The molecule has 2 aromatic heterocycles. The average molecular weight is 377 g/mol. The SMILES string of the molecule is CC(C)c1ccnc(Nc2cc(C3(C#N)CCNCC3)cc(N3CCC3)n2)c1. The number of piperidine rings is 1. The third-order valence-corrected chi connectivity index (χ3v) is 5.92. The molecule has 0 aliphatic carbocycles. The summed E-state index contributed by atoms with van der Waals surface area (Å²) in [6.45, 7) is 8.14. The summed E-state index contributed by atoms with van der Waals surface area (Å²) in [4.78, 5) is 11.6. The van der Waals surface area contributed by atoms with Crippen molar-refractivity contribution in [2.75, 3.05) is 36.4 Å². The van der Waals surface area contributed by atoms with E-state index >= 15 is 0 Å². The summed E-state index contributed by atoms with van der Waals surface area (Å²) in [5, 5.41) is 16.8. The Bertz CT molecular complexity index is 875. The molecule has 6 nitrogen and oxygen atoms in total. The van der Waals surface area contributed by atoms with Crippen molar-refractivity contribution in [1.29, 1.82) is 5.26 Å². The van der Waals surface area contributed by atoms with Crippen molar-refractivity contribution in [3.63, 3.8) is 0 Å². The van der Waals surface area contributed by atoms with Crippen LogP contribution in [-0.4, -0.2) is 36.1 Å². The van der Waals surface area contributed by atoms with Crippen LogP contribution in [0.4, 0.5) is 17.5 Å².